The summed E-state index contributed by atoms with van der Waals surface area (Å²) in [5.74, 6) is 0.532. The van der Waals surface area contributed by atoms with E-state index in [1.54, 1.807) is 25.4 Å². The lowest BCUT2D eigenvalue weighted by molar-refractivity contribution is -0.140. The standard InChI is InChI=1S/C24H20F3N7O/c1-12-3-4-13(18-15(20(28)35)5-6-30-19(18)24(25,26)27)9-16(12)17-10-14-11-32-23(29-2)33-21(14)34-8-7-31-22(17)34/h3-6,9-11,31H,7-8H2,1-2H3,(H2,28,35). The van der Waals surface area contributed by atoms with Gasteiger partial charge in [0.25, 0.3) is 0 Å². The maximum Gasteiger partial charge on any atom is 0.433 e. The lowest BCUT2D eigenvalue weighted by Gasteiger charge is -2.20. The number of pyridine rings is 2. The van der Waals surface area contributed by atoms with Gasteiger partial charge in [0.1, 0.15) is 11.6 Å². The molecule has 4 heterocycles. The van der Waals surface area contributed by atoms with E-state index in [0.29, 0.717) is 30.1 Å². The van der Waals surface area contributed by atoms with Gasteiger partial charge < -0.3 is 15.6 Å². The average molecular weight is 479 g/mol. The topological polar surface area (TPSA) is 111 Å². The van der Waals surface area contributed by atoms with E-state index in [-0.39, 0.29) is 16.7 Å². The van der Waals surface area contributed by atoms with Crippen molar-refractivity contribution in [1.29, 1.82) is 0 Å². The lowest BCUT2D eigenvalue weighted by Crippen LogP contribution is -2.18. The number of amides is 1. The van der Waals surface area contributed by atoms with Crippen molar-refractivity contribution in [2.45, 2.75) is 19.6 Å². The highest BCUT2D eigenvalue weighted by Crippen LogP contribution is 2.42. The van der Waals surface area contributed by atoms with E-state index in [2.05, 4.69) is 25.3 Å². The van der Waals surface area contributed by atoms with Crippen LogP contribution in [0, 0.1) is 6.92 Å². The summed E-state index contributed by atoms with van der Waals surface area (Å²) in [5, 5.41) is 3.35. The second kappa shape index (κ2) is 8.19. The van der Waals surface area contributed by atoms with Gasteiger partial charge in [-0.3, -0.25) is 14.8 Å². The molecule has 0 unspecified atom stereocenters. The van der Waals surface area contributed by atoms with Crippen LogP contribution in [-0.2, 0) is 12.7 Å². The first-order valence-electron chi connectivity index (χ1n) is 10.7. The number of carbonyl (C=O) groups is 1. The van der Waals surface area contributed by atoms with Crippen LogP contribution in [0.25, 0.3) is 33.6 Å². The van der Waals surface area contributed by atoms with E-state index in [1.807, 2.05) is 17.6 Å². The Kier molecular flexibility index (Phi) is 5.27. The fraction of sp³-hybridized carbons (Fsp3) is 0.208. The van der Waals surface area contributed by atoms with Crippen molar-refractivity contribution in [2.75, 3.05) is 18.9 Å². The van der Waals surface area contributed by atoms with E-state index in [9.17, 15) is 18.0 Å². The third-order valence-corrected chi connectivity index (χ3v) is 5.99. The summed E-state index contributed by atoms with van der Waals surface area (Å²) in [7, 11) is 1.61. The molecule has 0 atom stereocenters. The first kappa shape index (κ1) is 22.5. The Bertz CT molecular complexity index is 1520. The Morgan fingerprint density at radius 2 is 1.91 bits per heavy atom. The number of primary amides is 1. The first-order valence-corrected chi connectivity index (χ1v) is 10.7. The van der Waals surface area contributed by atoms with E-state index in [1.165, 1.54) is 12.1 Å². The molecule has 0 aliphatic carbocycles. The number of anilines is 1. The molecule has 3 N–H and O–H groups in total. The molecule has 0 fully saturated rings. The molecular formula is C24H20F3N7O. The fourth-order valence-corrected chi connectivity index (χ4v) is 4.42. The van der Waals surface area contributed by atoms with Crippen LogP contribution in [-0.4, -0.2) is 39.0 Å². The lowest BCUT2D eigenvalue weighted by atomic mass is 9.91. The van der Waals surface area contributed by atoms with Gasteiger partial charge in [-0.05, 0) is 41.8 Å². The van der Waals surface area contributed by atoms with Crippen LogP contribution in [0.1, 0.15) is 21.6 Å². The zero-order chi connectivity index (χ0) is 24.9. The molecule has 5 rings (SSSR count). The molecule has 0 saturated heterocycles. The molecule has 1 aromatic heterocycles. The summed E-state index contributed by atoms with van der Waals surface area (Å²) >= 11 is 0. The minimum absolute atomic E-state index is 0.188. The Balaban J connectivity index is 1.79. The number of aryl methyl sites for hydroxylation is 1. The van der Waals surface area contributed by atoms with Crippen molar-refractivity contribution in [3.63, 3.8) is 0 Å². The zero-order valence-corrected chi connectivity index (χ0v) is 18.8. The summed E-state index contributed by atoms with van der Waals surface area (Å²) in [4.78, 5) is 28.4. The molecule has 2 aromatic rings. The normalized spacial score (nSPS) is 13.7. The van der Waals surface area contributed by atoms with E-state index in [4.69, 9.17) is 5.73 Å². The van der Waals surface area contributed by atoms with Crippen molar-refractivity contribution in [3.8, 4) is 33.6 Å². The Morgan fingerprint density at radius 3 is 2.63 bits per heavy atom. The van der Waals surface area contributed by atoms with Gasteiger partial charge in [0.2, 0.25) is 11.5 Å². The molecule has 0 saturated carbocycles. The van der Waals surface area contributed by atoms with Crippen molar-refractivity contribution in [1.82, 2.24) is 19.5 Å². The van der Waals surface area contributed by atoms with Gasteiger partial charge in [0.05, 0.1) is 5.56 Å². The van der Waals surface area contributed by atoms with Crippen LogP contribution >= 0.6 is 0 Å². The number of hydrogen-bond donors (Lipinski definition) is 2. The van der Waals surface area contributed by atoms with Gasteiger partial charge in [-0.2, -0.15) is 18.2 Å². The molecule has 0 radical (unpaired) electrons. The van der Waals surface area contributed by atoms with Gasteiger partial charge in [-0.15, -0.1) is 0 Å². The highest BCUT2D eigenvalue weighted by atomic mass is 19.4. The molecule has 0 spiro atoms. The predicted octanol–water partition coefficient (Wildman–Crippen LogP) is 3.49. The molecule has 8 nitrogen and oxygen atoms in total. The number of nitrogens with two attached hydrogens (primary N) is 1. The maximum atomic E-state index is 13.8. The number of aromatic nitrogens is 4. The minimum Gasteiger partial charge on any atom is -0.369 e. The number of carbonyl (C=O) groups excluding carboxylic acids is 1. The number of nitrogens with zero attached hydrogens (tertiary/aromatic N) is 5. The summed E-state index contributed by atoms with van der Waals surface area (Å²) in [6.07, 6.45) is -2.16. The fourth-order valence-electron chi connectivity index (χ4n) is 4.42. The third kappa shape index (κ3) is 3.78. The monoisotopic (exact) mass is 479 g/mol. The number of hydrogen-bond acceptors (Lipinski definition) is 6. The van der Waals surface area contributed by atoms with Gasteiger partial charge >= 0.3 is 6.18 Å². The Morgan fingerprint density at radius 1 is 1.14 bits per heavy atom. The SMILES string of the molecule is CN=c1ncc2cc(-c3cc(-c4c(C(N)=O)ccnc4C(F)(F)F)ccc3C)c3n(c-2n1)CCN3. The van der Waals surface area contributed by atoms with Crippen LogP contribution in [0.4, 0.5) is 19.0 Å². The van der Waals surface area contributed by atoms with Gasteiger partial charge in [-0.1, -0.05) is 12.1 Å². The summed E-state index contributed by atoms with van der Waals surface area (Å²) < 4.78 is 43.5. The van der Waals surface area contributed by atoms with Crippen molar-refractivity contribution in [2.24, 2.45) is 10.7 Å². The number of halogens is 3. The number of alkyl halides is 3. The Hall–Kier alpha value is -4.28. The number of nitrogens with one attached hydrogen (secondary N) is 1. The number of rotatable bonds is 3. The number of fused-ring (bicyclic) bond motifs is 3. The highest BCUT2D eigenvalue weighted by Gasteiger charge is 2.37. The van der Waals surface area contributed by atoms with Crippen molar-refractivity contribution in [3.05, 3.63) is 65.2 Å². The van der Waals surface area contributed by atoms with Gasteiger partial charge in [0.15, 0.2) is 5.69 Å². The highest BCUT2D eigenvalue weighted by molar-refractivity contribution is 6.01. The van der Waals surface area contributed by atoms with Crippen LogP contribution in [0.3, 0.4) is 0 Å². The molecule has 1 aromatic carbocycles. The smallest absolute Gasteiger partial charge is 0.369 e. The third-order valence-electron chi connectivity index (χ3n) is 5.99. The quantitative estimate of drug-likeness (QED) is 0.467. The molecule has 3 aliphatic heterocycles. The largest absolute Gasteiger partial charge is 0.433 e. The summed E-state index contributed by atoms with van der Waals surface area (Å²) in [5.41, 5.74) is 7.30. The molecule has 3 aliphatic rings. The van der Waals surface area contributed by atoms with Crippen LogP contribution in [0.5, 0.6) is 0 Å². The summed E-state index contributed by atoms with van der Waals surface area (Å²) in [6.45, 7) is 3.19. The van der Waals surface area contributed by atoms with Crippen molar-refractivity contribution < 1.29 is 18.0 Å². The number of benzene rings is 1. The average Bonchev–Trinajstić information content (AvgIpc) is 3.33. The van der Waals surface area contributed by atoms with Crippen molar-refractivity contribution >= 4 is 11.7 Å². The molecule has 1 amide bonds. The van der Waals surface area contributed by atoms with E-state index >= 15 is 0 Å². The zero-order valence-electron chi connectivity index (χ0n) is 18.8. The Labute approximate surface area is 197 Å². The molecular weight excluding hydrogens is 459 g/mol. The van der Waals surface area contributed by atoms with Crippen LogP contribution in [0.15, 0.2) is 47.7 Å². The minimum atomic E-state index is -4.77. The predicted molar refractivity (Wildman–Crippen MR) is 124 cm³/mol. The summed E-state index contributed by atoms with van der Waals surface area (Å²) in [6, 6.07) is 7.98. The van der Waals surface area contributed by atoms with E-state index < -0.39 is 17.8 Å². The second-order valence-electron chi connectivity index (χ2n) is 8.13. The van der Waals surface area contributed by atoms with Gasteiger partial charge in [0, 0.05) is 49.2 Å². The molecule has 11 heteroatoms. The second-order valence-corrected chi connectivity index (χ2v) is 8.13. The molecule has 35 heavy (non-hydrogen) atoms. The maximum absolute atomic E-state index is 13.8. The molecule has 178 valence electrons. The van der Waals surface area contributed by atoms with Crippen LogP contribution in [0.2, 0.25) is 0 Å². The van der Waals surface area contributed by atoms with Crippen LogP contribution < -0.4 is 16.7 Å². The van der Waals surface area contributed by atoms with E-state index in [0.717, 1.165) is 28.7 Å². The van der Waals surface area contributed by atoms with Gasteiger partial charge in [-0.25, -0.2) is 4.98 Å². The molecule has 0 bridgehead atoms. The first-order chi connectivity index (χ1) is 16.7.